The van der Waals surface area contributed by atoms with Gasteiger partial charge < -0.3 is 10.1 Å². The average molecular weight is 235 g/mol. The number of hydrogen-bond donors (Lipinski definition) is 1. The fourth-order valence-electron chi connectivity index (χ4n) is 1.51. The summed E-state index contributed by atoms with van der Waals surface area (Å²) in [7, 11) is 0. The van der Waals surface area contributed by atoms with E-state index >= 15 is 0 Å². The van der Waals surface area contributed by atoms with Crippen LogP contribution in [-0.4, -0.2) is 12.6 Å². The van der Waals surface area contributed by atoms with Gasteiger partial charge in [-0.05, 0) is 43.5 Å². The molecule has 0 amide bonds. The highest BCUT2D eigenvalue weighted by Crippen LogP contribution is 2.14. The van der Waals surface area contributed by atoms with Gasteiger partial charge in [0.1, 0.15) is 5.75 Å². The molecule has 0 aliphatic carbocycles. The molecule has 0 aromatic heterocycles. The minimum absolute atomic E-state index is 0.292. The Balaban J connectivity index is 2.39. The number of nitrogens with one attached hydrogen (secondary N) is 1. The van der Waals surface area contributed by atoms with Gasteiger partial charge in [-0.3, -0.25) is 0 Å². The highest BCUT2D eigenvalue weighted by Gasteiger charge is 2.01. The van der Waals surface area contributed by atoms with Crippen LogP contribution in [0.15, 0.2) is 24.3 Å². The van der Waals surface area contributed by atoms with Crippen molar-refractivity contribution in [2.24, 2.45) is 5.92 Å². The second kappa shape index (κ2) is 7.33. The predicted octanol–water partition coefficient (Wildman–Crippen LogP) is 3.61. The average Bonchev–Trinajstić information content (AvgIpc) is 2.31. The second-order valence-electron chi connectivity index (χ2n) is 5.01. The van der Waals surface area contributed by atoms with Crippen LogP contribution in [0.3, 0.4) is 0 Å². The van der Waals surface area contributed by atoms with Crippen molar-refractivity contribution in [1.82, 2.24) is 5.32 Å². The lowest BCUT2D eigenvalue weighted by molar-refractivity contribution is 0.217. The smallest absolute Gasteiger partial charge is 0.119 e. The Morgan fingerprint density at radius 3 is 2.29 bits per heavy atom. The molecule has 0 aliphatic heterocycles. The van der Waals surface area contributed by atoms with Gasteiger partial charge in [0.15, 0.2) is 0 Å². The molecule has 0 bridgehead atoms. The van der Waals surface area contributed by atoms with E-state index in [9.17, 15) is 0 Å². The largest absolute Gasteiger partial charge is 0.491 e. The Bertz CT molecular complexity index is 305. The molecule has 0 saturated heterocycles. The zero-order valence-electron chi connectivity index (χ0n) is 11.5. The van der Waals surface area contributed by atoms with Gasteiger partial charge in [0, 0.05) is 6.54 Å². The lowest BCUT2D eigenvalue weighted by Crippen LogP contribution is -2.18. The molecule has 0 radical (unpaired) electrons. The van der Waals surface area contributed by atoms with Gasteiger partial charge in [0.05, 0.1) is 6.10 Å². The van der Waals surface area contributed by atoms with Crippen molar-refractivity contribution in [2.75, 3.05) is 6.54 Å². The molecule has 2 nitrogen and oxygen atoms in total. The summed E-state index contributed by atoms with van der Waals surface area (Å²) in [6, 6.07) is 8.37. The van der Waals surface area contributed by atoms with Gasteiger partial charge in [-0.25, -0.2) is 0 Å². The number of rotatable bonds is 7. The van der Waals surface area contributed by atoms with Crippen LogP contribution in [0.4, 0.5) is 0 Å². The fourth-order valence-corrected chi connectivity index (χ4v) is 1.51. The Morgan fingerprint density at radius 2 is 1.76 bits per heavy atom. The first-order chi connectivity index (χ1) is 8.11. The zero-order chi connectivity index (χ0) is 12.7. The van der Waals surface area contributed by atoms with Crippen molar-refractivity contribution in [3.8, 4) is 5.75 Å². The van der Waals surface area contributed by atoms with E-state index in [1.165, 1.54) is 5.56 Å². The summed E-state index contributed by atoms with van der Waals surface area (Å²) in [6.07, 6.45) is 1.33. The van der Waals surface area contributed by atoms with E-state index in [1.54, 1.807) is 0 Å². The van der Waals surface area contributed by atoms with Crippen LogP contribution in [0.1, 0.15) is 39.7 Å². The van der Waals surface area contributed by atoms with Gasteiger partial charge in [-0.15, -0.1) is 0 Å². The summed E-state index contributed by atoms with van der Waals surface area (Å²) in [5, 5.41) is 3.43. The van der Waals surface area contributed by atoms with Crippen molar-refractivity contribution in [3.05, 3.63) is 29.8 Å². The molecule has 96 valence electrons. The standard InChI is InChI=1S/C15H25NO/c1-5-13(4)17-15-8-6-14(7-9-15)11-16-10-12(2)3/h6-9,12-13,16H,5,10-11H2,1-4H3/t13-/m0/s1. The van der Waals surface area contributed by atoms with Crippen LogP contribution < -0.4 is 10.1 Å². The van der Waals surface area contributed by atoms with Crippen molar-refractivity contribution < 1.29 is 4.74 Å². The van der Waals surface area contributed by atoms with Crippen LogP contribution in [0, 0.1) is 5.92 Å². The van der Waals surface area contributed by atoms with E-state index in [-0.39, 0.29) is 0 Å². The summed E-state index contributed by atoms with van der Waals surface area (Å²) in [4.78, 5) is 0. The molecule has 1 aromatic carbocycles. The molecule has 1 rings (SSSR count). The number of benzene rings is 1. The maximum Gasteiger partial charge on any atom is 0.119 e. The van der Waals surface area contributed by atoms with E-state index < -0.39 is 0 Å². The molecule has 1 aromatic rings. The fraction of sp³-hybridized carbons (Fsp3) is 0.600. The van der Waals surface area contributed by atoms with E-state index in [2.05, 4.69) is 57.3 Å². The minimum atomic E-state index is 0.292. The third-order valence-electron chi connectivity index (χ3n) is 2.72. The van der Waals surface area contributed by atoms with Gasteiger partial charge in [-0.2, -0.15) is 0 Å². The monoisotopic (exact) mass is 235 g/mol. The van der Waals surface area contributed by atoms with Crippen molar-refractivity contribution in [3.63, 3.8) is 0 Å². The van der Waals surface area contributed by atoms with Gasteiger partial charge >= 0.3 is 0 Å². The highest BCUT2D eigenvalue weighted by molar-refractivity contribution is 5.27. The first-order valence-corrected chi connectivity index (χ1v) is 6.58. The van der Waals surface area contributed by atoms with Gasteiger partial charge in [0.25, 0.3) is 0 Å². The summed E-state index contributed by atoms with van der Waals surface area (Å²) in [5.74, 6) is 1.66. The zero-order valence-corrected chi connectivity index (χ0v) is 11.5. The Hall–Kier alpha value is -1.02. The number of hydrogen-bond acceptors (Lipinski definition) is 2. The molecule has 0 saturated carbocycles. The Morgan fingerprint density at radius 1 is 1.12 bits per heavy atom. The van der Waals surface area contributed by atoms with Gasteiger partial charge in [0.2, 0.25) is 0 Å². The molecule has 17 heavy (non-hydrogen) atoms. The molecule has 1 N–H and O–H groups in total. The summed E-state index contributed by atoms with van der Waals surface area (Å²) >= 11 is 0. The van der Waals surface area contributed by atoms with Crippen LogP contribution in [-0.2, 0) is 6.54 Å². The predicted molar refractivity (Wildman–Crippen MR) is 73.4 cm³/mol. The third-order valence-corrected chi connectivity index (χ3v) is 2.72. The molecular weight excluding hydrogens is 210 g/mol. The molecule has 0 fully saturated rings. The Labute approximate surface area is 105 Å². The maximum atomic E-state index is 5.74. The first kappa shape index (κ1) is 14.0. The molecule has 0 heterocycles. The highest BCUT2D eigenvalue weighted by atomic mass is 16.5. The molecule has 0 unspecified atom stereocenters. The van der Waals surface area contributed by atoms with E-state index in [1.807, 2.05) is 0 Å². The lowest BCUT2D eigenvalue weighted by Gasteiger charge is -2.13. The molecule has 0 aliphatic rings. The summed E-state index contributed by atoms with van der Waals surface area (Å²) < 4.78 is 5.74. The first-order valence-electron chi connectivity index (χ1n) is 6.58. The molecule has 0 spiro atoms. The number of ether oxygens (including phenoxy) is 1. The normalized spacial score (nSPS) is 12.8. The SMILES string of the molecule is CC[C@H](C)Oc1ccc(CNCC(C)C)cc1. The van der Waals surface area contributed by atoms with Crippen LogP contribution in [0.5, 0.6) is 5.75 Å². The minimum Gasteiger partial charge on any atom is -0.491 e. The third kappa shape index (κ3) is 5.73. The molecular formula is C15H25NO. The van der Waals surface area contributed by atoms with Crippen molar-refractivity contribution in [2.45, 2.75) is 46.8 Å². The summed E-state index contributed by atoms with van der Waals surface area (Å²) in [6.45, 7) is 10.7. The van der Waals surface area contributed by atoms with Crippen molar-refractivity contribution >= 4 is 0 Å². The Kier molecular flexibility index (Phi) is 6.06. The van der Waals surface area contributed by atoms with Gasteiger partial charge in [-0.1, -0.05) is 32.9 Å². The van der Waals surface area contributed by atoms with E-state index in [0.29, 0.717) is 12.0 Å². The van der Waals surface area contributed by atoms with Crippen LogP contribution >= 0.6 is 0 Å². The van der Waals surface area contributed by atoms with Crippen molar-refractivity contribution in [1.29, 1.82) is 0 Å². The topological polar surface area (TPSA) is 21.3 Å². The van der Waals surface area contributed by atoms with Crippen LogP contribution in [0.2, 0.25) is 0 Å². The van der Waals surface area contributed by atoms with Crippen LogP contribution in [0.25, 0.3) is 0 Å². The van der Waals surface area contributed by atoms with E-state index in [0.717, 1.165) is 25.3 Å². The molecule has 1 atom stereocenters. The summed E-state index contributed by atoms with van der Waals surface area (Å²) in [5.41, 5.74) is 1.31. The molecule has 2 heteroatoms. The van der Waals surface area contributed by atoms with E-state index in [4.69, 9.17) is 4.74 Å². The quantitative estimate of drug-likeness (QED) is 0.779. The second-order valence-corrected chi connectivity index (χ2v) is 5.01. The lowest BCUT2D eigenvalue weighted by atomic mass is 10.2. The maximum absolute atomic E-state index is 5.74.